The molecule has 0 aromatic heterocycles. The first-order chi connectivity index (χ1) is 15.1. The average Bonchev–Trinajstić information content (AvgIpc) is 2.62. The zero-order valence-corrected chi connectivity index (χ0v) is 19.8. The smallest absolute Gasteiger partial charge is 0.414 e. The maximum atomic E-state index is 12.1. The minimum absolute atomic E-state index is 0.0902. The third kappa shape index (κ3) is 10.9. The van der Waals surface area contributed by atoms with Crippen molar-refractivity contribution < 1.29 is 33.5 Å². The van der Waals surface area contributed by atoms with E-state index in [9.17, 15) is 24.5 Å². The van der Waals surface area contributed by atoms with Crippen LogP contribution in [0, 0.1) is 10.1 Å². The Hall–Kier alpha value is -3.70. The van der Waals surface area contributed by atoms with Crippen LogP contribution in [0.5, 0.6) is 0 Å². The maximum Gasteiger partial charge on any atom is 0.414 e. The number of esters is 1. The van der Waals surface area contributed by atoms with Crippen LogP contribution in [-0.2, 0) is 32.0 Å². The number of ether oxygens (including phenoxy) is 3. The Morgan fingerprint density at radius 3 is 1.94 bits per heavy atom. The molecule has 0 spiro atoms. The second-order valence-electron chi connectivity index (χ2n) is 8.89. The minimum atomic E-state index is -0.854. The van der Waals surface area contributed by atoms with Crippen molar-refractivity contribution in [3.63, 3.8) is 0 Å². The lowest BCUT2D eigenvalue weighted by Gasteiger charge is -2.22. The molecule has 0 bridgehead atoms. The second kappa shape index (κ2) is 11.2. The molecule has 12 heteroatoms. The van der Waals surface area contributed by atoms with Crippen molar-refractivity contribution in [2.45, 2.75) is 65.7 Å². The van der Waals surface area contributed by atoms with Gasteiger partial charge >= 0.3 is 18.2 Å². The monoisotopic (exact) mass is 466 g/mol. The van der Waals surface area contributed by atoms with Gasteiger partial charge in [0.05, 0.1) is 25.0 Å². The van der Waals surface area contributed by atoms with Crippen molar-refractivity contribution in [3.8, 4) is 0 Å². The zero-order chi connectivity index (χ0) is 25.4. The van der Waals surface area contributed by atoms with Gasteiger partial charge in [0.1, 0.15) is 11.2 Å². The van der Waals surface area contributed by atoms with Crippen LogP contribution in [-0.4, -0.2) is 47.4 Å². The molecule has 0 atom stereocenters. The molecule has 2 N–H and O–H groups in total. The number of benzene rings is 1. The Bertz CT molecular complexity index is 897. The van der Waals surface area contributed by atoms with Crippen molar-refractivity contribution in [1.82, 2.24) is 10.6 Å². The molecule has 0 fully saturated rings. The fraction of sp³-hybridized carbons (Fsp3) is 0.524. The Kier molecular flexibility index (Phi) is 9.32. The summed E-state index contributed by atoms with van der Waals surface area (Å²) in [6.07, 6.45) is -2.01. The number of hydrogen-bond donors (Lipinski definition) is 2. The Morgan fingerprint density at radius 1 is 1.00 bits per heavy atom. The number of carbonyl (C=O) groups excluding carboxylic acids is 3. The number of methoxy groups -OCH3 is 1. The lowest BCUT2D eigenvalue weighted by Crippen LogP contribution is -2.47. The van der Waals surface area contributed by atoms with E-state index in [0.717, 1.165) is 0 Å². The molecular formula is C21H30N4O8. The van der Waals surface area contributed by atoms with Gasteiger partial charge in [-0.25, -0.2) is 14.6 Å². The molecule has 0 unspecified atom stereocenters. The lowest BCUT2D eigenvalue weighted by atomic mass is 10.1. The van der Waals surface area contributed by atoms with Gasteiger partial charge in [-0.2, -0.15) is 0 Å². The number of carbonyl (C=O) groups is 3. The summed E-state index contributed by atoms with van der Waals surface area (Å²) >= 11 is 0. The van der Waals surface area contributed by atoms with Crippen LogP contribution in [0.1, 0.15) is 52.7 Å². The number of nitrogens with zero attached hydrogens (tertiary/aromatic N) is 2. The van der Waals surface area contributed by atoms with Crippen molar-refractivity contribution in [2.75, 3.05) is 7.11 Å². The van der Waals surface area contributed by atoms with Gasteiger partial charge in [-0.1, -0.05) is 6.07 Å². The maximum absolute atomic E-state index is 12.1. The summed E-state index contributed by atoms with van der Waals surface area (Å²) in [6.45, 7) is 9.94. The normalized spacial score (nSPS) is 11.1. The van der Waals surface area contributed by atoms with E-state index in [1.165, 1.54) is 25.3 Å². The molecule has 1 rings (SSSR count). The fourth-order valence-electron chi connectivity index (χ4n) is 2.37. The average molecular weight is 466 g/mol. The van der Waals surface area contributed by atoms with E-state index in [1.54, 1.807) is 41.5 Å². The molecule has 0 aliphatic heterocycles. The summed E-state index contributed by atoms with van der Waals surface area (Å²) in [5.74, 6) is -0.885. The van der Waals surface area contributed by atoms with E-state index >= 15 is 0 Å². The first-order valence-electron chi connectivity index (χ1n) is 9.97. The summed E-state index contributed by atoms with van der Waals surface area (Å²) in [6, 6.07) is 4.11. The number of rotatable bonds is 5. The van der Waals surface area contributed by atoms with E-state index < -0.39 is 34.3 Å². The number of guanidine groups is 1. The molecule has 0 radical (unpaired) electrons. The molecule has 0 saturated carbocycles. The number of hydrogen-bond acceptors (Lipinski definition) is 9. The largest absolute Gasteiger partial charge is 0.469 e. The molecule has 1 aromatic carbocycles. The van der Waals surface area contributed by atoms with Crippen LogP contribution in [0.3, 0.4) is 0 Å². The number of amides is 2. The second-order valence-corrected chi connectivity index (χ2v) is 8.89. The molecule has 0 saturated heterocycles. The van der Waals surface area contributed by atoms with E-state index in [1.807, 2.05) is 0 Å². The molecule has 0 heterocycles. The molecule has 2 amide bonds. The van der Waals surface area contributed by atoms with Gasteiger partial charge in [-0.3, -0.25) is 25.5 Å². The van der Waals surface area contributed by atoms with Gasteiger partial charge in [0.25, 0.3) is 5.69 Å². The predicted octanol–water partition coefficient (Wildman–Crippen LogP) is 3.22. The molecular weight excluding hydrogens is 436 g/mol. The highest BCUT2D eigenvalue weighted by Crippen LogP contribution is 2.21. The number of aliphatic imine (C=N–C) groups is 1. The molecule has 0 aliphatic rings. The van der Waals surface area contributed by atoms with Gasteiger partial charge in [-0.05, 0) is 53.2 Å². The van der Waals surface area contributed by atoms with E-state index in [4.69, 9.17) is 9.47 Å². The van der Waals surface area contributed by atoms with Crippen LogP contribution in [0.2, 0.25) is 0 Å². The minimum Gasteiger partial charge on any atom is -0.469 e. The van der Waals surface area contributed by atoms with Gasteiger partial charge in [0, 0.05) is 11.6 Å². The summed E-state index contributed by atoms with van der Waals surface area (Å²) in [5.41, 5.74) is -1.20. The van der Waals surface area contributed by atoms with Crippen LogP contribution >= 0.6 is 0 Å². The quantitative estimate of drug-likeness (QED) is 0.167. The number of nitro benzene ring substituents is 1. The topological polar surface area (TPSA) is 158 Å². The van der Waals surface area contributed by atoms with E-state index in [0.29, 0.717) is 5.56 Å². The first kappa shape index (κ1) is 27.3. The van der Waals surface area contributed by atoms with E-state index in [-0.39, 0.29) is 30.2 Å². The van der Waals surface area contributed by atoms with Crippen LogP contribution in [0.25, 0.3) is 0 Å². The predicted molar refractivity (Wildman–Crippen MR) is 119 cm³/mol. The van der Waals surface area contributed by atoms with Crippen molar-refractivity contribution >= 4 is 29.8 Å². The highest BCUT2D eigenvalue weighted by atomic mass is 16.6. The van der Waals surface area contributed by atoms with E-state index in [2.05, 4.69) is 20.4 Å². The summed E-state index contributed by atoms with van der Waals surface area (Å²) in [4.78, 5) is 50.7. The van der Waals surface area contributed by atoms with Crippen molar-refractivity contribution in [3.05, 3.63) is 39.4 Å². The third-order valence-electron chi connectivity index (χ3n) is 3.56. The first-order valence-corrected chi connectivity index (χ1v) is 9.97. The number of nitrogens with one attached hydrogen (secondary N) is 2. The van der Waals surface area contributed by atoms with Gasteiger partial charge in [-0.15, -0.1) is 0 Å². The van der Waals surface area contributed by atoms with Crippen LogP contribution in [0.4, 0.5) is 15.3 Å². The fourth-order valence-corrected chi connectivity index (χ4v) is 2.37. The number of nitro groups is 1. The standard InChI is InChI=1S/C21H30N4O8/c1-20(2,3)32-18(27)23-17(24-19(28)33-21(4,5)6)22-12-13-8-9-15(25(29)30)14(10-13)11-16(26)31-7/h8-10H,11-12H2,1-7H3,(H2,22,23,24,27,28). The van der Waals surface area contributed by atoms with Gasteiger partial charge < -0.3 is 14.2 Å². The summed E-state index contributed by atoms with van der Waals surface area (Å²) in [5, 5.41) is 15.9. The summed E-state index contributed by atoms with van der Waals surface area (Å²) in [7, 11) is 1.18. The van der Waals surface area contributed by atoms with Crippen molar-refractivity contribution in [1.29, 1.82) is 0 Å². The Labute approximate surface area is 191 Å². The van der Waals surface area contributed by atoms with Gasteiger partial charge in [0.15, 0.2) is 0 Å². The molecule has 12 nitrogen and oxygen atoms in total. The Balaban J connectivity index is 3.15. The Morgan fingerprint density at radius 2 is 1.52 bits per heavy atom. The third-order valence-corrected chi connectivity index (χ3v) is 3.56. The molecule has 0 aliphatic carbocycles. The summed E-state index contributed by atoms with van der Waals surface area (Å²) < 4.78 is 14.9. The highest BCUT2D eigenvalue weighted by molar-refractivity contribution is 6.01. The highest BCUT2D eigenvalue weighted by Gasteiger charge is 2.22. The zero-order valence-electron chi connectivity index (χ0n) is 19.8. The molecule has 1 aromatic rings. The van der Waals surface area contributed by atoms with Crippen molar-refractivity contribution in [2.24, 2.45) is 4.99 Å². The molecule has 182 valence electrons. The number of alkyl carbamates (subject to hydrolysis) is 2. The van der Waals surface area contributed by atoms with Crippen LogP contribution < -0.4 is 10.6 Å². The lowest BCUT2D eigenvalue weighted by molar-refractivity contribution is -0.385. The SMILES string of the molecule is COC(=O)Cc1cc(CN=C(NC(=O)OC(C)(C)C)NC(=O)OC(C)(C)C)ccc1[N+](=O)[O-]. The van der Waals surface area contributed by atoms with Crippen LogP contribution in [0.15, 0.2) is 23.2 Å². The van der Waals surface area contributed by atoms with Gasteiger partial charge in [0.2, 0.25) is 5.96 Å². The molecule has 33 heavy (non-hydrogen) atoms.